The van der Waals surface area contributed by atoms with Crippen molar-refractivity contribution in [2.24, 2.45) is 29.1 Å². The van der Waals surface area contributed by atoms with Crippen LogP contribution in [-0.4, -0.2) is 57.1 Å². The normalized spacial score (nSPS) is 40.0. The number of ketones is 2. The van der Waals surface area contributed by atoms with Crippen LogP contribution in [0.3, 0.4) is 0 Å². The molecule has 32 heavy (non-hydrogen) atoms. The number of esters is 1. The van der Waals surface area contributed by atoms with Crippen molar-refractivity contribution in [1.82, 2.24) is 0 Å². The van der Waals surface area contributed by atoms with Gasteiger partial charge in [-0.2, -0.15) is 0 Å². The molecule has 3 N–H and O–H groups in total. The molecule has 3 saturated carbocycles. The zero-order valence-corrected chi connectivity index (χ0v) is 18.2. The molecule has 0 spiro atoms. The van der Waals surface area contributed by atoms with Crippen LogP contribution in [0.5, 0.6) is 0 Å². The number of aliphatic carboxylic acids is 1. The van der Waals surface area contributed by atoms with E-state index in [9.17, 15) is 29.4 Å². The Bertz CT molecular complexity index is 904. The van der Waals surface area contributed by atoms with E-state index in [0.29, 0.717) is 19.3 Å². The molecule has 0 bridgehead atoms. The van der Waals surface area contributed by atoms with Crippen molar-refractivity contribution in [2.75, 3.05) is 6.61 Å². The molecule has 7 unspecified atom stereocenters. The molecule has 0 heterocycles. The van der Waals surface area contributed by atoms with E-state index < -0.39 is 47.4 Å². The fourth-order valence-corrected chi connectivity index (χ4v) is 6.91. The molecule has 4 rings (SSSR count). The second kappa shape index (κ2) is 8.23. The Labute approximate surface area is 186 Å². The number of Topliss-reactive ketones (excluding diaryl/α,β-unsaturated/α-hetero) is 1. The summed E-state index contributed by atoms with van der Waals surface area (Å²) in [5, 5.41) is 31.4. The van der Waals surface area contributed by atoms with Crippen LogP contribution in [0.4, 0.5) is 0 Å². The van der Waals surface area contributed by atoms with E-state index in [1.807, 2.05) is 13.0 Å². The van der Waals surface area contributed by atoms with Crippen LogP contribution in [0.15, 0.2) is 23.8 Å². The average molecular weight is 446 g/mol. The molecule has 0 aromatic rings. The molecule has 3 fully saturated rings. The maximum Gasteiger partial charge on any atom is 0.306 e. The number of carbonyl (C=O) groups excluding carboxylic acids is 3. The van der Waals surface area contributed by atoms with Crippen molar-refractivity contribution in [3.8, 4) is 0 Å². The maximum absolute atomic E-state index is 12.8. The Morgan fingerprint density at radius 3 is 2.66 bits per heavy atom. The van der Waals surface area contributed by atoms with E-state index in [1.165, 1.54) is 0 Å². The monoisotopic (exact) mass is 446 g/mol. The van der Waals surface area contributed by atoms with Crippen LogP contribution in [0, 0.1) is 29.1 Å². The lowest BCUT2D eigenvalue weighted by Gasteiger charge is -2.57. The zero-order chi connectivity index (χ0) is 23.3. The zero-order valence-electron chi connectivity index (χ0n) is 18.2. The Balaban J connectivity index is 1.48. The number of carboxylic acids is 1. The molecular weight excluding hydrogens is 416 g/mol. The molecule has 4 aliphatic rings. The van der Waals surface area contributed by atoms with Crippen molar-refractivity contribution in [3.63, 3.8) is 0 Å². The third-order valence-corrected chi connectivity index (χ3v) is 8.29. The number of aliphatic hydroxyl groups is 2. The molecule has 8 nitrogen and oxygen atoms in total. The van der Waals surface area contributed by atoms with Crippen molar-refractivity contribution in [1.29, 1.82) is 0 Å². The molecular formula is C24H30O8. The minimum absolute atomic E-state index is 0.0136. The minimum Gasteiger partial charge on any atom is -0.481 e. The highest BCUT2D eigenvalue weighted by Gasteiger charge is 2.64. The van der Waals surface area contributed by atoms with E-state index in [2.05, 4.69) is 0 Å². The van der Waals surface area contributed by atoms with Crippen LogP contribution < -0.4 is 0 Å². The molecule has 174 valence electrons. The lowest BCUT2D eigenvalue weighted by molar-refractivity contribution is -0.175. The highest BCUT2D eigenvalue weighted by atomic mass is 16.5. The summed E-state index contributed by atoms with van der Waals surface area (Å²) in [7, 11) is 0. The number of hydrogen-bond acceptors (Lipinski definition) is 7. The number of carboxylic acid groups (broad SMARTS) is 1. The van der Waals surface area contributed by atoms with Crippen molar-refractivity contribution < 1.29 is 39.2 Å². The number of ether oxygens (including phenoxy) is 1. The first-order valence-corrected chi connectivity index (χ1v) is 11.3. The summed E-state index contributed by atoms with van der Waals surface area (Å²) in [6.45, 7) is 1.54. The summed E-state index contributed by atoms with van der Waals surface area (Å²) in [4.78, 5) is 47.0. The van der Waals surface area contributed by atoms with Crippen LogP contribution in [0.25, 0.3) is 0 Å². The van der Waals surface area contributed by atoms with Crippen LogP contribution in [-0.2, 0) is 23.9 Å². The largest absolute Gasteiger partial charge is 0.481 e. The lowest BCUT2D eigenvalue weighted by atomic mass is 9.49. The fourth-order valence-electron chi connectivity index (χ4n) is 6.91. The predicted molar refractivity (Wildman–Crippen MR) is 111 cm³/mol. The second-order valence-electron chi connectivity index (χ2n) is 9.94. The Hall–Kier alpha value is -2.32. The number of hydrogen-bond donors (Lipinski definition) is 3. The quantitative estimate of drug-likeness (QED) is 0.523. The molecule has 0 saturated heterocycles. The van der Waals surface area contributed by atoms with E-state index in [-0.39, 0.29) is 42.8 Å². The van der Waals surface area contributed by atoms with Gasteiger partial charge in [-0.15, -0.1) is 0 Å². The van der Waals surface area contributed by atoms with Crippen LogP contribution >= 0.6 is 0 Å². The third-order valence-electron chi connectivity index (χ3n) is 8.29. The number of aliphatic hydroxyl groups excluding tert-OH is 1. The topological polar surface area (TPSA) is 138 Å². The Kier molecular flexibility index (Phi) is 5.88. The van der Waals surface area contributed by atoms with Crippen LogP contribution in [0.2, 0.25) is 0 Å². The van der Waals surface area contributed by atoms with Gasteiger partial charge in [0.1, 0.15) is 6.61 Å². The van der Waals surface area contributed by atoms with Gasteiger partial charge >= 0.3 is 11.9 Å². The third kappa shape index (κ3) is 3.73. The van der Waals surface area contributed by atoms with Gasteiger partial charge in [0.15, 0.2) is 11.6 Å². The highest BCUT2D eigenvalue weighted by Crippen LogP contribution is 2.62. The molecule has 0 aromatic heterocycles. The van der Waals surface area contributed by atoms with Gasteiger partial charge in [-0.05, 0) is 49.7 Å². The van der Waals surface area contributed by atoms with E-state index in [0.717, 1.165) is 12.0 Å². The first-order valence-electron chi connectivity index (χ1n) is 11.3. The molecule has 0 aromatic carbocycles. The van der Waals surface area contributed by atoms with Gasteiger partial charge in [0.25, 0.3) is 0 Å². The van der Waals surface area contributed by atoms with Gasteiger partial charge in [-0.1, -0.05) is 18.6 Å². The maximum atomic E-state index is 12.8. The van der Waals surface area contributed by atoms with Gasteiger partial charge in [0.05, 0.1) is 30.5 Å². The Morgan fingerprint density at radius 1 is 1.19 bits per heavy atom. The van der Waals surface area contributed by atoms with Gasteiger partial charge in [0, 0.05) is 17.8 Å². The summed E-state index contributed by atoms with van der Waals surface area (Å²) in [6, 6.07) is 0. The SMILES string of the molecule is CC12C=CC(=O)C=C1CCC1C2C(O)CC2(O)C(C(=O)COC(=O)CCC(=O)O)CCC12. The van der Waals surface area contributed by atoms with E-state index in [1.54, 1.807) is 12.2 Å². The number of fused-ring (bicyclic) bond motifs is 5. The second-order valence-corrected chi connectivity index (χ2v) is 9.94. The Morgan fingerprint density at radius 2 is 1.94 bits per heavy atom. The average Bonchev–Trinajstić information content (AvgIpc) is 3.07. The summed E-state index contributed by atoms with van der Waals surface area (Å²) in [5.74, 6) is -3.33. The fraction of sp³-hybridized carbons (Fsp3) is 0.667. The minimum atomic E-state index is -1.36. The molecule has 0 radical (unpaired) electrons. The first-order chi connectivity index (χ1) is 15.1. The van der Waals surface area contributed by atoms with Crippen molar-refractivity contribution in [3.05, 3.63) is 23.8 Å². The standard InChI is InChI=1S/C24H30O8/c1-23-9-8-14(25)10-13(23)2-3-15-16-4-5-17(24(16,31)11-18(26)22(15)23)19(27)12-32-21(30)7-6-20(28)29/h8-10,15-18,22,26,31H,2-7,11-12H2,1H3,(H,28,29). The smallest absolute Gasteiger partial charge is 0.306 e. The van der Waals surface area contributed by atoms with Gasteiger partial charge in [0.2, 0.25) is 0 Å². The molecule has 4 aliphatic carbocycles. The van der Waals surface area contributed by atoms with Gasteiger partial charge in [-0.25, -0.2) is 0 Å². The highest BCUT2D eigenvalue weighted by molar-refractivity contribution is 6.01. The van der Waals surface area contributed by atoms with Crippen LogP contribution in [0.1, 0.15) is 51.9 Å². The molecule has 7 atom stereocenters. The summed E-state index contributed by atoms with van der Waals surface area (Å²) in [5.41, 5.74) is -0.786. The molecule has 0 aliphatic heterocycles. The van der Waals surface area contributed by atoms with Gasteiger partial charge < -0.3 is 20.1 Å². The summed E-state index contributed by atoms with van der Waals surface area (Å²) >= 11 is 0. The van der Waals surface area contributed by atoms with E-state index >= 15 is 0 Å². The summed E-state index contributed by atoms with van der Waals surface area (Å²) in [6.07, 6.45) is 6.22. The number of carbonyl (C=O) groups is 4. The van der Waals surface area contributed by atoms with E-state index in [4.69, 9.17) is 9.84 Å². The van der Waals surface area contributed by atoms with Crippen molar-refractivity contribution >= 4 is 23.5 Å². The van der Waals surface area contributed by atoms with Crippen molar-refractivity contribution in [2.45, 2.75) is 63.6 Å². The molecule has 0 amide bonds. The predicted octanol–water partition coefficient (Wildman–Crippen LogP) is 1.58. The lowest BCUT2D eigenvalue weighted by Crippen LogP contribution is -2.60. The summed E-state index contributed by atoms with van der Waals surface area (Å²) < 4.78 is 4.95. The number of allylic oxidation sites excluding steroid dienone is 4. The first kappa shape index (κ1) is 22.9. The number of rotatable bonds is 6. The molecule has 8 heteroatoms. The van der Waals surface area contributed by atoms with Gasteiger partial charge in [-0.3, -0.25) is 19.2 Å².